The quantitative estimate of drug-likeness (QED) is 0.835. The Balaban J connectivity index is 1.70. The van der Waals surface area contributed by atoms with Gasteiger partial charge in [0.05, 0.1) is 13.0 Å². The molecule has 4 nitrogen and oxygen atoms in total. The normalized spacial score (nSPS) is 21.7. The summed E-state index contributed by atoms with van der Waals surface area (Å²) in [4.78, 5) is 11.8. The van der Waals surface area contributed by atoms with E-state index in [9.17, 15) is 9.90 Å². The minimum Gasteiger partial charge on any atom is -0.493 e. The molecule has 0 saturated heterocycles. The molecular formula is C15H20BrNO3. The molecule has 110 valence electrons. The number of carbonyl (C=O) groups is 1. The molecule has 1 aliphatic carbocycles. The van der Waals surface area contributed by atoms with Gasteiger partial charge >= 0.3 is 0 Å². The summed E-state index contributed by atoms with van der Waals surface area (Å²) in [7, 11) is 0. The van der Waals surface area contributed by atoms with Gasteiger partial charge in [0.1, 0.15) is 5.75 Å². The Labute approximate surface area is 127 Å². The molecule has 2 N–H and O–H groups in total. The summed E-state index contributed by atoms with van der Waals surface area (Å²) in [5, 5.41) is 12.2. The van der Waals surface area contributed by atoms with E-state index in [1.165, 1.54) is 0 Å². The summed E-state index contributed by atoms with van der Waals surface area (Å²) in [6, 6.07) is 7.68. The van der Waals surface area contributed by atoms with Crippen LogP contribution in [0.15, 0.2) is 28.7 Å². The zero-order chi connectivity index (χ0) is 14.4. The molecule has 1 aliphatic rings. The van der Waals surface area contributed by atoms with Crippen molar-refractivity contribution in [2.24, 2.45) is 5.92 Å². The van der Waals surface area contributed by atoms with Crippen molar-refractivity contribution in [1.29, 1.82) is 0 Å². The van der Waals surface area contributed by atoms with Crippen LogP contribution in [0, 0.1) is 5.92 Å². The summed E-state index contributed by atoms with van der Waals surface area (Å²) >= 11 is 3.37. The van der Waals surface area contributed by atoms with Crippen molar-refractivity contribution in [3.8, 4) is 5.75 Å². The average molecular weight is 342 g/mol. The van der Waals surface area contributed by atoms with E-state index in [1.807, 2.05) is 24.3 Å². The number of halogens is 1. The van der Waals surface area contributed by atoms with Crippen LogP contribution < -0.4 is 10.1 Å². The van der Waals surface area contributed by atoms with Crippen molar-refractivity contribution in [3.63, 3.8) is 0 Å². The van der Waals surface area contributed by atoms with Gasteiger partial charge in [-0.25, -0.2) is 0 Å². The van der Waals surface area contributed by atoms with Gasteiger partial charge < -0.3 is 15.2 Å². The molecule has 2 unspecified atom stereocenters. The fourth-order valence-corrected chi connectivity index (χ4v) is 2.92. The van der Waals surface area contributed by atoms with Crippen LogP contribution in [0.5, 0.6) is 5.75 Å². The smallest absolute Gasteiger partial charge is 0.223 e. The highest BCUT2D eigenvalue weighted by atomic mass is 79.9. The monoisotopic (exact) mass is 341 g/mol. The molecule has 1 aromatic carbocycles. The fraction of sp³-hybridized carbons (Fsp3) is 0.533. The lowest BCUT2D eigenvalue weighted by Crippen LogP contribution is -2.39. The number of benzene rings is 1. The van der Waals surface area contributed by atoms with Crippen LogP contribution in [-0.2, 0) is 4.79 Å². The summed E-state index contributed by atoms with van der Waals surface area (Å²) in [5.41, 5.74) is 0. The van der Waals surface area contributed by atoms with Crippen LogP contribution in [0.3, 0.4) is 0 Å². The highest BCUT2D eigenvalue weighted by Crippen LogP contribution is 2.25. The molecule has 1 amide bonds. The molecule has 2 atom stereocenters. The fourth-order valence-electron chi connectivity index (χ4n) is 2.54. The highest BCUT2D eigenvalue weighted by Gasteiger charge is 2.27. The zero-order valence-corrected chi connectivity index (χ0v) is 12.9. The molecule has 0 radical (unpaired) electrons. The first-order valence-electron chi connectivity index (χ1n) is 6.97. The van der Waals surface area contributed by atoms with Gasteiger partial charge in [-0.2, -0.15) is 0 Å². The molecule has 20 heavy (non-hydrogen) atoms. The maximum Gasteiger partial charge on any atom is 0.223 e. The first-order chi connectivity index (χ1) is 9.69. The number of ether oxygens (including phenoxy) is 1. The Morgan fingerprint density at radius 3 is 3.05 bits per heavy atom. The minimum atomic E-state index is -0.00894. The summed E-state index contributed by atoms with van der Waals surface area (Å²) < 4.78 is 6.49. The minimum absolute atomic E-state index is 0.00894. The maximum absolute atomic E-state index is 11.8. The van der Waals surface area contributed by atoms with Gasteiger partial charge in [0.2, 0.25) is 5.91 Å². The van der Waals surface area contributed by atoms with Crippen LogP contribution in [0.25, 0.3) is 0 Å². The molecule has 0 aliphatic heterocycles. The standard InChI is InChI=1S/C15H20BrNO3/c16-12-4-2-5-13(9-12)20-8-7-15(19)17-14-6-1-3-11(14)10-18/h2,4-5,9,11,14,18H,1,3,6-8,10H2,(H,17,19). The van der Waals surface area contributed by atoms with Gasteiger partial charge in [0.15, 0.2) is 0 Å². The predicted molar refractivity (Wildman–Crippen MR) is 80.6 cm³/mol. The first kappa shape index (κ1) is 15.3. The van der Waals surface area contributed by atoms with Crippen molar-refractivity contribution < 1.29 is 14.6 Å². The number of hydrogen-bond acceptors (Lipinski definition) is 3. The third-order valence-corrected chi connectivity index (χ3v) is 4.13. The molecule has 0 spiro atoms. The number of amides is 1. The number of aliphatic hydroxyl groups excluding tert-OH is 1. The Bertz CT molecular complexity index is 452. The second-order valence-electron chi connectivity index (χ2n) is 5.10. The molecule has 0 bridgehead atoms. The van der Waals surface area contributed by atoms with Crippen LogP contribution in [-0.4, -0.2) is 30.3 Å². The van der Waals surface area contributed by atoms with Gasteiger partial charge in [-0.05, 0) is 31.0 Å². The van der Waals surface area contributed by atoms with Crippen molar-refractivity contribution in [3.05, 3.63) is 28.7 Å². The number of rotatable bonds is 6. The van der Waals surface area contributed by atoms with Crippen molar-refractivity contribution in [2.45, 2.75) is 31.7 Å². The zero-order valence-electron chi connectivity index (χ0n) is 11.3. The van der Waals surface area contributed by atoms with Gasteiger partial charge in [-0.1, -0.05) is 28.4 Å². The van der Waals surface area contributed by atoms with E-state index >= 15 is 0 Å². The van der Waals surface area contributed by atoms with Crippen LogP contribution in [0.4, 0.5) is 0 Å². The highest BCUT2D eigenvalue weighted by molar-refractivity contribution is 9.10. The van der Waals surface area contributed by atoms with E-state index in [0.717, 1.165) is 29.5 Å². The number of hydrogen-bond donors (Lipinski definition) is 2. The maximum atomic E-state index is 11.8. The van der Waals surface area contributed by atoms with Crippen molar-refractivity contribution in [1.82, 2.24) is 5.32 Å². The van der Waals surface area contributed by atoms with Crippen LogP contribution in [0.2, 0.25) is 0 Å². The van der Waals surface area contributed by atoms with Gasteiger partial charge in [-0.15, -0.1) is 0 Å². The van der Waals surface area contributed by atoms with E-state index < -0.39 is 0 Å². The summed E-state index contributed by atoms with van der Waals surface area (Å²) in [5.74, 6) is 0.955. The molecule has 1 fully saturated rings. The topological polar surface area (TPSA) is 58.6 Å². The van der Waals surface area contributed by atoms with Gasteiger partial charge in [0, 0.05) is 23.0 Å². The first-order valence-corrected chi connectivity index (χ1v) is 7.77. The van der Waals surface area contributed by atoms with E-state index in [4.69, 9.17) is 4.74 Å². The number of aliphatic hydroxyl groups is 1. The SMILES string of the molecule is O=C(CCOc1cccc(Br)c1)NC1CCCC1CO. The van der Waals surface area contributed by atoms with Crippen LogP contribution in [0.1, 0.15) is 25.7 Å². The third kappa shape index (κ3) is 4.49. The lowest BCUT2D eigenvalue weighted by molar-refractivity contribution is -0.122. The Morgan fingerprint density at radius 2 is 2.30 bits per heavy atom. The molecule has 5 heteroatoms. The Kier molecular flexibility index (Phi) is 5.86. The second kappa shape index (κ2) is 7.64. The Hall–Kier alpha value is -1.07. The van der Waals surface area contributed by atoms with E-state index in [-0.39, 0.29) is 24.5 Å². The van der Waals surface area contributed by atoms with Gasteiger partial charge in [-0.3, -0.25) is 4.79 Å². The Morgan fingerprint density at radius 1 is 1.45 bits per heavy atom. The predicted octanol–water partition coefficient (Wildman–Crippen LogP) is 2.50. The largest absolute Gasteiger partial charge is 0.493 e. The molecule has 1 saturated carbocycles. The molecule has 1 aromatic rings. The second-order valence-corrected chi connectivity index (χ2v) is 6.02. The molecule has 2 rings (SSSR count). The lowest BCUT2D eigenvalue weighted by atomic mass is 10.1. The summed E-state index contributed by atoms with van der Waals surface area (Å²) in [6.45, 7) is 0.512. The lowest BCUT2D eigenvalue weighted by Gasteiger charge is -2.19. The average Bonchev–Trinajstić information content (AvgIpc) is 2.86. The van der Waals surface area contributed by atoms with Crippen LogP contribution >= 0.6 is 15.9 Å². The molecule has 0 aromatic heterocycles. The number of nitrogens with one attached hydrogen (secondary N) is 1. The van der Waals surface area contributed by atoms with E-state index in [2.05, 4.69) is 21.2 Å². The molecule has 0 heterocycles. The third-order valence-electron chi connectivity index (χ3n) is 3.63. The molecular weight excluding hydrogens is 322 g/mol. The van der Waals surface area contributed by atoms with E-state index in [1.54, 1.807) is 0 Å². The number of carbonyl (C=O) groups excluding carboxylic acids is 1. The van der Waals surface area contributed by atoms with Crippen molar-refractivity contribution >= 4 is 21.8 Å². The van der Waals surface area contributed by atoms with Crippen molar-refractivity contribution in [2.75, 3.05) is 13.2 Å². The van der Waals surface area contributed by atoms with E-state index in [0.29, 0.717) is 13.0 Å². The summed E-state index contributed by atoms with van der Waals surface area (Å²) in [6.07, 6.45) is 3.37. The van der Waals surface area contributed by atoms with Gasteiger partial charge in [0.25, 0.3) is 0 Å².